The van der Waals surface area contributed by atoms with Crippen molar-refractivity contribution in [3.63, 3.8) is 0 Å². The van der Waals surface area contributed by atoms with Crippen LogP contribution in [-0.4, -0.2) is 37.7 Å². The molecule has 1 heterocycles. The van der Waals surface area contributed by atoms with Crippen molar-refractivity contribution in [1.29, 1.82) is 0 Å². The van der Waals surface area contributed by atoms with Crippen LogP contribution in [-0.2, 0) is 23.0 Å². The summed E-state index contributed by atoms with van der Waals surface area (Å²) in [5.74, 6) is 0. The zero-order valence-electron chi connectivity index (χ0n) is 12.5. The maximum Gasteiger partial charge on any atom is 0.213 e. The molecule has 0 saturated carbocycles. The maximum absolute atomic E-state index is 11.8. The lowest BCUT2D eigenvalue weighted by atomic mass is 9.99. The van der Waals surface area contributed by atoms with Crippen LogP contribution in [0.15, 0.2) is 24.3 Å². The van der Waals surface area contributed by atoms with Crippen LogP contribution in [0.4, 0.5) is 0 Å². The average Bonchev–Trinajstić information content (AvgIpc) is 2.44. The smallest absolute Gasteiger partial charge is 0.213 e. The molecule has 1 aliphatic heterocycles. The van der Waals surface area contributed by atoms with Gasteiger partial charge >= 0.3 is 0 Å². The largest absolute Gasteiger partial charge is 0.295 e. The van der Waals surface area contributed by atoms with E-state index in [2.05, 4.69) is 40.8 Å². The van der Waals surface area contributed by atoms with Crippen molar-refractivity contribution in [2.24, 2.45) is 0 Å². The van der Waals surface area contributed by atoms with Crippen molar-refractivity contribution in [2.45, 2.75) is 45.0 Å². The summed E-state index contributed by atoms with van der Waals surface area (Å²) >= 11 is 0. The highest BCUT2D eigenvalue weighted by molar-refractivity contribution is 7.90. The SMILES string of the molecule is CC(C)S(=O)(=O)NC[C@@H](C)N1CCc2ccccc2C1. The Balaban J connectivity index is 1.94. The van der Waals surface area contributed by atoms with Crippen LogP contribution in [0.1, 0.15) is 31.9 Å². The fraction of sp³-hybridized carbons (Fsp3) is 0.600. The molecule has 1 aliphatic rings. The minimum absolute atomic E-state index is 0.205. The van der Waals surface area contributed by atoms with Crippen LogP contribution in [0.3, 0.4) is 0 Å². The van der Waals surface area contributed by atoms with Crippen LogP contribution in [0.2, 0.25) is 0 Å². The van der Waals surface area contributed by atoms with Crippen LogP contribution < -0.4 is 4.72 Å². The molecule has 4 nitrogen and oxygen atoms in total. The number of fused-ring (bicyclic) bond motifs is 1. The third-order valence-corrected chi connectivity index (χ3v) is 5.79. The molecule has 20 heavy (non-hydrogen) atoms. The topological polar surface area (TPSA) is 49.4 Å². The van der Waals surface area contributed by atoms with E-state index in [1.54, 1.807) is 13.8 Å². The number of benzene rings is 1. The van der Waals surface area contributed by atoms with Gasteiger partial charge in [-0.15, -0.1) is 0 Å². The Hall–Kier alpha value is -0.910. The van der Waals surface area contributed by atoms with Gasteiger partial charge in [-0.25, -0.2) is 13.1 Å². The molecule has 5 heteroatoms. The quantitative estimate of drug-likeness (QED) is 0.901. The maximum atomic E-state index is 11.8. The Morgan fingerprint density at radius 2 is 1.85 bits per heavy atom. The average molecular weight is 296 g/mol. The minimum Gasteiger partial charge on any atom is -0.295 e. The molecule has 0 aromatic heterocycles. The minimum atomic E-state index is -3.17. The summed E-state index contributed by atoms with van der Waals surface area (Å²) in [4.78, 5) is 2.34. The molecule has 0 unspecified atom stereocenters. The van der Waals surface area contributed by atoms with E-state index >= 15 is 0 Å². The summed E-state index contributed by atoms with van der Waals surface area (Å²) in [5, 5.41) is -0.378. The third-order valence-electron chi connectivity index (χ3n) is 3.98. The van der Waals surface area contributed by atoms with E-state index in [0.717, 1.165) is 19.5 Å². The number of nitrogens with zero attached hydrogens (tertiary/aromatic N) is 1. The van der Waals surface area contributed by atoms with Gasteiger partial charge in [0.15, 0.2) is 0 Å². The Bertz CT molecular complexity index is 555. The molecular formula is C15H24N2O2S. The molecule has 0 amide bonds. The monoisotopic (exact) mass is 296 g/mol. The number of rotatable bonds is 5. The molecule has 112 valence electrons. The Labute approximate surface area is 122 Å². The highest BCUT2D eigenvalue weighted by Gasteiger charge is 2.22. The summed E-state index contributed by atoms with van der Waals surface area (Å²) < 4.78 is 26.3. The van der Waals surface area contributed by atoms with Gasteiger partial charge < -0.3 is 0 Å². The van der Waals surface area contributed by atoms with Crippen molar-refractivity contribution < 1.29 is 8.42 Å². The molecule has 1 aromatic rings. The zero-order valence-corrected chi connectivity index (χ0v) is 13.3. The van der Waals surface area contributed by atoms with Crippen molar-refractivity contribution in [1.82, 2.24) is 9.62 Å². The zero-order chi connectivity index (χ0) is 14.8. The van der Waals surface area contributed by atoms with Gasteiger partial charge in [0.25, 0.3) is 0 Å². The first-order valence-corrected chi connectivity index (χ1v) is 8.74. The van der Waals surface area contributed by atoms with E-state index in [9.17, 15) is 8.42 Å². The predicted octanol–water partition coefficient (Wildman–Crippen LogP) is 1.76. The Morgan fingerprint density at radius 1 is 1.20 bits per heavy atom. The van der Waals surface area contributed by atoms with Gasteiger partial charge in [-0.05, 0) is 38.3 Å². The van der Waals surface area contributed by atoms with Crippen molar-refractivity contribution >= 4 is 10.0 Å². The summed E-state index contributed by atoms with van der Waals surface area (Å²) in [5.41, 5.74) is 2.77. The standard InChI is InChI=1S/C15H24N2O2S/c1-12(2)20(18,19)16-10-13(3)17-9-8-14-6-4-5-7-15(14)11-17/h4-7,12-13,16H,8-11H2,1-3H3/t13-/m1/s1. The van der Waals surface area contributed by atoms with Crippen LogP contribution in [0, 0.1) is 0 Å². The molecule has 0 fully saturated rings. The second-order valence-electron chi connectivity index (χ2n) is 5.78. The molecule has 0 spiro atoms. The molecule has 0 radical (unpaired) electrons. The highest BCUT2D eigenvalue weighted by atomic mass is 32.2. The first-order chi connectivity index (χ1) is 9.40. The summed E-state index contributed by atoms with van der Waals surface area (Å²) in [6, 6.07) is 8.69. The Morgan fingerprint density at radius 3 is 2.50 bits per heavy atom. The highest BCUT2D eigenvalue weighted by Crippen LogP contribution is 2.20. The number of hydrogen-bond acceptors (Lipinski definition) is 3. The lowest BCUT2D eigenvalue weighted by Gasteiger charge is -2.33. The van der Waals surface area contributed by atoms with E-state index in [1.165, 1.54) is 11.1 Å². The first kappa shape index (κ1) is 15.5. The van der Waals surface area contributed by atoms with Gasteiger partial charge in [0.1, 0.15) is 0 Å². The van der Waals surface area contributed by atoms with Crippen molar-refractivity contribution in [2.75, 3.05) is 13.1 Å². The summed E-state index contributed by atoms with van der Waals surface area (Å²) in [6.07, 6.45) is 1.04. The van der Waals surface area contributed by atoms with Crippen LogP contribution in [0.5, 0.6) is 0 Å². The fourth-order valence-corrected chi connectivity index (χ4v) is 3.23. The van der Waals surface area contributed by atoms with E-state index in [4.69, 9.17) is 0 Å². The molecule has 1 aromatic carbocycles. The molecular weight excluding hydrogens is 272 g/mol. The van der Waals surface area contributed by atoms with Gasteiger partial charge in [0.2, 0.25) is 10.0 Å². The van der Waals surface area contributed by atoms with Crippen LogP contribution in [0.25, 0.3) is 0 Å². The van der Waals surface area contributed by atoms with Gasteiger partial charge in [-0.3, -0.25) is 4.90 Å². The second-order valence-corrected chi connectivity index (χ2v) is 8.10. The van der Waals surface area contributed by atoms with Crippen molar-refractivity contribution in [3.8, 4) is 0 Å². The number of nitrogens with one attached hydrogen (secondary N) is 1. The molecule has 1 atom stereocenters. The van der Waals surface area contributed by atoms with E-state index < -0.39 is 10.0 Å². The van der Waals surface area contributed by atoms with E-state index in [-0.39, 0.29) is 11.3 Å². The van der Waals surface area contributed by atoms with Crippen molar-refractivity contribution in [3.05, 3.63) is 35.4 Å². The first-order valence-electron chi connectivity index (χ1n) is 7.19. The second kappa shape index (κ2) is 6.24. The Kier molecular flexibility index (Phi) is 4.83. The van der Waals surface area contributed by atoms with Crippen LogP contribution >= 0.6 is 0 Å². The van der Waals surface area contributed by atoms with E-state index in [1.807, 2.05) is 0 Å². The third kappa shape index (κ3) is 3.59. The van der Waals surface area contributed by atoms with Gasteiger partial charge in [0.05, 0.1) is 5.25 Å². The predicted molar refractivity (Wildman–Crippen MR) is 82.1 cm³/mol. The fourth-order valence-electron chi connectivity index (χ4n) is 2.43. The number of hydrogen-bond donors (Lipinski definition) is 1. The normalized spacial score (nSPS) is 18.0. The lowest BCUT2D eigenvalue weighted by Crippen LogP contribution is -2.45. The summed E-state index contributed by atoms with van der Waals surface area (Å²) in [7, 11) is -3.17. The molecule has 1 N–H and O–H groups in total. The lowest BCUT2D eigenvalue weighted by molar-refractivity contribution is 0.192. The summed E-state index contributed by atoms with van der Waals surface area (Å²) in [6.45, 7) is 7.84. The molecule has 0 aliphatic carbocycles. The van der Waals surface area contributed by atoms with Gasteiger partial charge in [-0.1, -0.05) is 24.3 Å². The number of sulfonamides is 1. The molecule has 0 saturated heterocycles. The van der Waals surface area contributed by atoms with E-state index in [0.29, 0.717) is 6.54 Å². The van der Waals surface area contributed by atoms with Gasteiger partial charge in [0, 0.05) is 25.7 Å². The molecule has 2 rings (SSSR count). The van der Waals surface area contributed by atoms with Gasteiger partial charge in [-0.2, -0.15) is 0 Å². The molecule has 0 bridgehead atoms.